The van der Waals surface area contributed by atoms with Crippen LogP contribution < -0.4 is 5.32 Å². The van der Waals surface area contributed by atoms with Gasteiger partial charge in [-0.3, -0.25) is 10.1 Å². The van der Waals surface area contributed by atoms with Crippen molar-refractivity contribution in [2.75, 3.05) is 26.3 Å². The fraction of sp³-hybridized carbons (Fsp3) is 0.480. The van der Waals surface area contributed by atoms with Crippen molar-refractivity contribution in [1.82, 2.24) is 9.62 Å². The third kappa shape index (κ3) is 8.22. The molecule has 0 spiro atoms. The number of benzene rings is 2. The monoisotopic (exact) mass is 535 g/mol. The van der Waals surface area contributed by atoms with Gasteiger partial charge in [-0.05, 0) is 30.0 Å². The molecule has 1 aliphatic rings. The Labute approximate surface area is 216 Å². The van der Waals surface area contributed by atoms with Gasteiger partial charge in [0.15, 0.2) is 0 Å². The Kier molecular flexibility index (Phi) is 9.98. The number of rotatable bonds is 12. The number of carbonyl (C=O) groups excluding carboxylic acids is 1. The smallest absolute Gasteiger partial charge is 0.407 e. The molecule has 3 rings (SSSR count). The summed E-state index contributed by atoms with van der Waals surface area (Å²) in [4.78, 5) is 22.8. The van der Waals surface area contributed by atoms with Crippen LogP contribution in [0.3, 0.4) is 0 Å². The molecule has 0 unspecified atom stereocenters. The highest BCUT2D eigenvalue weighted by Gasteiger charge is 2.33. The highest BCUT2D eigenvalue weighted by Crippen LogP contribution is 2.22. The lowest BCUT2D eigenvalue weighted by molar-refractivity contribution is -0.384. The van der Waals surface area contributed by atoms with Crippen molar-refractivity contribution >= 4 is 21.8 Å². The maximum Gasteiger partial charge on any atom is 0.407 e. The first-order valence-electron chi connectivity index (χ1n) is 12.1. The van der Waals surface area contributed by atoms with E-state index in [1.54, 1.807) is 0 Å². The maximum absolute atomic E-state index is 13.4. The van der Waals surface area contributed by atoms with Crippen molar-refractivity contribution in [1.29, 1.82) is 0 Å². The van der Waals surface area contributed by atoms with Crippen molar-refractivity contribution in [2.24, 2.45) is 5.92 Å². The summed E-state index contributed by atoms with van der Waals surface area (Å²) in [6, 6.07) is 13.5. The zero-order valence-electron chi connectivity index (χ0n) is 20.9. The van der Waals surface area contributed by atoms with Crippen LogP contribution >= 0.6 is 0 Å². The standard InChI is InChI=1S/C25H33N3O8S/c1-18(2)15-27(37(33,34)22-10-8-21(9-11-22)28(31)32)16-23(29)24(14-19-6-4-3-5-7-19)36-25(30)26-20-12-13-35-17-20/h3-11,18,20,23-24,29H,12-17H2,1-2H3,(H,26,30)/t20-,23+,24-/m0/s1. The number of aliphatic hydroxyl groups is 1. The Morgan fingerprint density at radius 3 is 2.43 bits per heavy atom. The zero-order valence-corrected chi connectivity index (χ0v) is 21.7. The molecule has 2 aromatic carbocycles. The topological polar surface area (TPSA) is 148 Å². The van der Waals surface area contributed by atoms with Crippen LogP contribution in [-0.4, -0.2) is 73.4 Å². The fourth-order valence-electron chi connectivity index (χ4n) is 3.98. The number of nitro benzene ring substituents is 1. The molecule has 0 aromatic heterocycles. The first kappa shape index (κ1) is 28.5. The molecular formula is C25H33N3O8S. The van der Waals surface area contributed by atoms with E-state index in [1.807, 2.05) is 44.2 Å². The summed E-state index contributed by atoms with van der Waals surface area (Å²) in [6.07, 6.45) is -2.28. The molecule has 11 nitrogen and oxygen atoms in total. The van der Waals surface area contributed by atoms with Gasteiger partial charge >= 0.3 is 6.09 Å². The quantitative estimate of drug-likeness (QED) is 0.311. The highest BCUT2D eigenvalue weighted by atomic mass is 32.2. The van der Waals surface area contributed by atoms with E-state index in [1.165, 1.54) is 12.1 Å². The molecule has 1 saturated heterocycles. The number of aliphatic hydroxyl groups excluding tert-OH is 1. The number of hydrogen-bond donors (Lipinski definition) is 2. The van der Waals surface area contributed by atoms with Crippen LogP contribution in [0.4, 0.5) is 10.5 Å². The largest absolute Gasteiger partial charge is 0.443 e. The van der Waals surface area contributed by atoms with Crippen molar-refractivity contribution in [2.45, 2.75) is 49.8 Å². The van der Waals surface area contributed by atoms with Crippen LogP contribution in [0.1, 0.15) is 25.8 Å². The number of nitrogens with one attached hydrogen (secondary N) is 1. The summed E-state index contributed by atoms with van der Waals surface area (Å²) >= 11 is 0. The lowest BCUT2D eigenvalue weighted by Gasteiger charge is -2.30. The van der Waals surface area contributed by atoms with E-state index in [0.29, 0.717) is 19.6 Å². The SMILES string of the molecule is CC(C)CN(C[C@@H](O)[C@H](Cc1ccccc1)OC(=O)N[C@H]1CCOC1)S(=O)(=O)c1ccc([N+](=O)[O-])cc1. The number of amides is 1. The Bertz CT molecular complexity index is 1140. The van der Waals surface area contributed by atoms with E-state index in [4.69, 9.17) is 9.47 Å². The number of carbonyl (C=O) groups is 1. The minimum Gasteiger partial charge on any atom is -0.443 e. The van der Waals surface area contributed by atoms with Crippen LogP contribution in [0.25, 0.3) is 0 Å². The molecule has 0 bridgehead atoms. The second-order valence-corrected chi connectivity index (χ2v) is 11.3. The minimum absolute atomic E-state index is 0.0834. The van der Waals surface area contributed by atoms with Gasteiger partial charge in [0.1, 0.15) is 12.2 Å². The van der Waals surface area contributed by atoms with Gasteiger partial charge in [-0.15, -0.1) is 0 Å². The summed E-state index contributed by atoms with van der Waals surface area (Å²) < 4.78 is 38.8. The Hall–Kier alpha value is -3.06. The second-order valence-electron chi connectivity index (χ2n) is 9.37. The number of nitrogens with zero attached hydrogens (tertiary/aromatic N) is 2. The van der Waals surface area contributed by atoms with E-state index in [9.17, 15) is 28.4 Å². The molecule has 2 N–H and O–H groups in total. The highest BCUT2D eigenvalue weighted by molar-refractivity contribution is 7.89. The molecule has 0 saturated carbocycles. The third-order valence-electron chi connectivity index (χ3n) is 5.86. The molecule has 1 heterocycles. The van der Waals surface area contributed by atoms with Gasteiger partial charge in [0.2, 0.25) is 10.0 Å². The zero-order chi connectivity index (χ0) is 27.0. The van der Waals surface area contributed by atoms with Crippen molar-refractivity contribution in [3.8, 4) is 0 Å². The van der Waals surface area contributed by atoms with Crippen LogP contribution in [0.15, 0.2) is 59.5 Å². The Morgan fingerprint density at radius 2 is 1.86 bits per heavy atom. The number of ether oxygens (including phenoxy) is 2. The molecule has 1 fully saturated rings. The van der Waals surface area contributed by atoms with Gasteiger partial charge < -0.3 is 19.9 Å². The predicted octanol–water partition coefficient (Wildman–Crippen LogP) is 2.73. The van der Waals surface area contributed by atoms with Gasteiger partial charge in [-0.2, -0.15) is 4.31 Å². The van der Waals surface area contributed by atoms with Crippen molar-refractivity contribution < 1.29 is 32.7 Å². The molecule has 37 heavy (non-hydrogen) atoms. The fourth-order valence-corrected chi connectivity index (χ4v) is 5.60. The van der Waals surface area contributed by atoms with E-state index in [-0.39, 0.29) is 42.1 Å². The molecule has 1 amide bonds. The van der Waals surface area contributed by atoms with Crippen LogP contribution in [0, 0.1) is 16.0 Å². The molecule has 1 aliphatic heterocycles. The first-order valence-corrected chi connectivity index (χ1v) is 13.5. The minimum atomic E-state index is -4.11. The number of nitro groups is 1. The number of sulfonamides is 1. The van der Waals surface area contributed by atoms with Gasteiger partial charge in [0.25, 0.3) is 5.69 Å². The average molecular weight is 536 g/mol. The Balaban J connectivity index is 1.81. The molecule has 12 heteroatoms. The van der Waals surface area contributed by atoms with Crippen LogP contribution in [0.2, 0.25) is 0 Å². The van der Waals surface area contributed by atoms with E-state index >= 15 is 0 Å². The predicted molar refractivity (Wildman–Crippen MR) is 135 cm³/mol. The lowest BCUT2D eigenvalue weighted by Crippen LogP contribution is -2.47. The van der Waals surface area contributed by atoms with Crippen molar-refractivity contribution in [3.05, 3.63) is 70.3 Å². The average Bonchev–Trinajstić information content (AvgIpc) is 3.36. The molecule has 3 atom stereocenters. The molecule has 0 radical (unpaired) electrons. The molecule has 0 aliphatic carbocycles. The Morgan fingerprint density at radius 1 is 1.19 bits per heavy atom. The van der Waals surface area contributed by atoms with Crippen molar-refractivity contribution in [3.63, 3.8) is 0 Å². The first-order chi connectivity index (χ1) is 17.6. The van der Waals surface area contributed by atoms with E-state index in [0.717, 1.165) is 22.0 Å². The van der Waals surface area contributed by atoms with Gasteiger partial charge in [-0.1, -0.05) is 44.2 Å². The van der Waals surface area contributed by atoms with E-state index < -0.39 is 33.2 Å². The lowest BCUT2D eigenvalue weighted by atomic mass is 10.0. The molecule has 2 aromatic rings. The maximum atomic E-state index is 13.4. The normalized spacial score (nSPS) is 17.5. The summed E-state index contributed by atoms with van der Waals surface area (Å²) in [6.45, 7) is 4.32. The summed E-state index contributed by atoms with van der Waals surface area (Å²) in [5.41, 5.74) is 0.571. The van der Waals surface area contributed by atoms with Gasteiger partial charge in [-0.25, -0.2) is 13.2 Å². The number of non-ortho nitro benzene ring substituents is 1. The van der Waals surface area contributed by atoms with Crippen LogP contribution in [-0.2, 0) is 25.9 Å². The summed E-state index contributed by atoms with van der Waals surface area (Å²) in [5.74, 6) is -0.0841. The van der Waals surface area contributed by atoms with Gasteiger partial charge in [0, 0.05) is 38.2 Å². The van der Waals surface area contributed by atoms with Crippen LogP contribution in [0.5, 0.6) is 0 Å². The third-order valence-corrected chi connectivity index (χ3v) is 7.71. The second kappa shape index (κ2) is 13.0. The molecule has 202 valence electrons. The summed E-state index contributed by atoms with van der Waals surface area (Å²) in [7, 11) is -4.11. The molecular weight excluding hydrogens is 502 g/mol. The van der Waals surface area contributed by atoms with E-state index in [2.05, 4.69) is 5.32 Å². The summed E-state index contributed by atoms with van der Waals surface area (Å²) in [5, 5.41) is 24.9. The number of alkyl carbamates (subject to hydrolysis) is 1. The van der Waals surface area contributed by atoms with Gasteiger partial charge in [0.05, 0.1) is 22.5 Å². The number of hydrogen-bond acceptors (Lipinski definition) is 8.